The van der Waals surface area contributed by atoms with Gasteiger partial charge in [0.2, 0.25) is 5.91 Å². The summed E-state index contributed by atoms with van der Waals surface area (Å²) >= 11 is 1.35. The Kier molecular flexibility index (Phi) is 6.18. The van der Waals surface area contributed by atoms with Crippen molar-refractivity contribution < 1.29 is 13.9 Å². The second-order valence-electron chi connectivity index (χ2n) is 6.21. The second kappa shape index (κ2) is 8.77. The van der Waals surface area contributed by atoms with E-state index in [0.717, 1.165) is 17.1 Å². The molecule has 1 amide bonds. The number of furan rings is 1. The van der Waals surface area contributed by atoms with E-state index < -0.39 is 0 Å². The molecule has 0 aliphatic carbocycles. The van der Waals surface area contributed by atoms with Gasteiger partial charge in [0.1, 0.15) is 11.5 Å². The van der Waals surface area contributed by atoms with E-state index in [0.29, 0.717) is 17.5 Å². The lowest BCUT2D eigenvalue weighted by Gasteiger charge is -2.10. The number of nitrogens with one attached hydrogen (secondary N) is 1. The minimum atomic E-state index is -0.0366. The number of hydrogen-bond donors (Lipinski definition) is 1. The van der Waals surface area contributed by atoms with Gasteiger partial charge < -0.3 is 14.5 Å². The van der Waals surface area contributed by atoms with Gasteiger partial charge in [-0.1, -0.05) is 23.9 Å². The minimum absolute atomic E-state index is 0.0366. The van der Waals surface area contributed by atoms with Crippen LogP contribution in [0.4, 0.5) is 0 Å². The van der Waals surface area contributed by atoms with Crippen LogP contribution < -0.4 is 10.1 Å². The molecule has 0 aliphatic rings. The molecule has 0 radical (unpaired) electrons. The lowest BCUT2D eigenvalue weighted by molar-refractivity contribution is -0.119. The summed E-state index contributed by atoms with van der Waals surface area (Å²) < 4.78 is 12.7. The third-order valence-corrected chi connectivity index (χ3v) is 4.69. The smallest absolute Gasteiger partial charge is 0.230 e. The third kappa shape index (κ3) is 4.91. The number of aromatic nitrogens is 3. The van der Waals surface area contributed by atoms with Crippen molar-refractivity contribution in [1.82, 2.24) is 20.1 Å². The Labute approximate surface area is 162 Å². The van der Waals surface area contributed by atoms with Gasteiger partial charge in [-0.15, -0.1) is 10.2 Å². The summed E-state index contributed by atoms with van der Waals surface area (Å²) in [6, 6.07) is 11.5. The summed E-state index contributed by atoms with van der Waals surface area (Å²) in [4.78, 5) is 12.0. The molecule has 0 unspecified atom stereocenters. The predicted octanol–water partition coefficient (Wildman–Crippen LogP) is 3.21. The van der Waals surface area contributed by atoms with Gasteiger partial charge in [-0.25, -0.2) is 0 Å². The first-order chi connectivity index (χ1) is 13.1. The Morgan fingerprint density at radius 1 is 1.30 bits per heavy atom. The summed E-state index contributed by atoms with van der Waals surface area (Å²) in [5, 5.41) is 12.2. The highest BCUT2D eigenvalue weighted by Crippen LogP contribution is 2.27. The summed E-state index contributed by atoms with van der Waals surface area (Å²) in [7, 11) is 1.63. The van der Waals surface area contributed by atoms with Gasteiger partial charge in [0.25, 0.3) is 0 Å². The fourth-order valence-corrected chi connectivity index (χ4v) is 3.31. The largest absolute Gasteiger partial charge is 0.497 e. The van der Waals surface area contributed by atoms with Gasteiger partial charge in [-0.3, -0.25) is 9.36 Å². The van der Waals surface area contributed by atoms with Gasteiger partial charge in [-0.2, -0.15) is 0 Å². The Morgan fingerprint density at radius 3 is 2.85 bits per heavy atom. The number of ether oxygens (including phenoxy) is 1. The maximum atomic E-state index is 12.0. The van der Waals surface area contributed by atoms with Crippen LogP contribution >= 0.6 is 11.8 Å². The molecule has 3 aromatic rings. The maximum Gasteiger partial charge on any atom is 0.230 e. The molecule has 0 saturated carbocycles. The Balaban J connectivity index is 1.89. The molecule has 0 atom stereocenters. The Bertz CT molecular complexity index is 890. The Hall–Kier alpha value is -2.74. The van der Waals surface area contributed by atoms with Crippen molar-refractivity contribution >= 4 is 17.7 Å². The van der Waals surface area contributed by atoms with Crippen LogP contribution in [0.5, 0.6) is 5.75 Å². The van der Waals surface area contributed by atoms with E-state index in [1.54, 1.807) is 13.4 Å². The number of hydrogen-bond acceptors (Lipinski definition) is 6. The van der Waals surface area contributed by atoms with E-state index in [1.807, 2.05) is 54.8 Å². The fraction of sp³-hybridized carbons (Fsp3) is 0.316. The topological polar surface area (TPSA) is 82.2 Å². The van der Waals surface area contributed by atoms with E-state index in [1.165, 1.54) is 11.8 Å². The molecule has 27 heavy (non-hydrogen) atoms. The van der Waals surface area contributed by atoms with E-state index in [-0.39, 0.29) is 17.7 Å². The quantitative estimate of drug-likeness (QED) is 0.599. The fourth-order valence-electron chi connectivity index (χ4n) is 2.57. The first-order valence-corrected chi connectivity index (χ1v) is 9.57. The van der Waals surface area contributed by atoms with Crippen LogP contribution in [0.1, 0.15) is 19.6 Å². The summed E-state index contributed by atoms with van der Waals surface area (Å²) in [5.74, 6) is 2.45. The molecule has 2 heterocycles. The van der Waals surface area contributed by atoms with Gasteiger partial charge in [0.15, 0.2) is 11.0 Å². The summed E-state index contributed by atoms with van der Waals surface area (Å²) in [6.07, 6.45) is 1.63. The lowest BCUT2D eigenvalue weighted by atomic mass is 10.2. The molecule has 8 heteroatoms. The SMILES string of the molecule is COc1cccc(-c2nnc(SCC(=O)NC(C)C)n2Cc2ccco2)c1. The van der Waals surface area contributed by atoms with E-state index in [2.05, 4.69) is 15.5 Å². The summed E-state index contributed by atoms with van der Waals surface area (Å²) in [6.45, 7) is 4.34. The van der Waals surface area contributed by atoms with Crippen molar-refractivity contribution in [3.63, 3.8) is 0 Å². The van der Waals surface area contributed by atoms with Gasteiger partial charge >= 0.3 is 0 Å². The van der Waals surface area contributed by atoms with Gasteiger partial charge in [0.05, 0.1) is 25.7 Å². The first-order valence-electron chi connectivity index (χ1n) is 8.59. The number of rotatable bonds is 8. The first kappa shape index (κ1) is 19.0. The van der Waals surface area contributed by atoms with Crippen molar-refractivity contribution in [3.8, 4) is 17.1 Å². The lowest BCUT2D eigenvalue weighted by Crippen LogP contribution is -2.31. The number of carbonyl (C=O) groups is 1. The minimum Gasteiger partial charge on any atom is -0.497 e. The van der Waals surface area contributed by atoms with Gasteiger partial charge in [0, 0.05) is 11.6 Å². The highest BCUT2D eigenvalue weighted by atomic mass is 32.2. The maximum absolute atomic E-state index is 12.0. The molecule has 7 nitrogen and oxygen atoms in total. The summed E-state index contributed by atoms with van der Waals surface area (Å²) in [5.41, 5.74) is 0.881. The molecule has 1 aromatic carbocycles. The molecule has 0 fully saturated rings. The van der Waals surface area contributed by atoms with Crippen molar-refractivity contribution in [2.24, 2.45) is 0 Å². The van der Waals surface area contributed by atoms with Crippen LogP contribution in [-0.4, -0.2) is 39.6 Å². The van der Waals surface area contributed by atoms with Crippen molar-refractivity contribution in [2.45, 2.75) is 31.6 Å². The Morgan fingerprint density at radius 2 is 2.15 bits per heavy atom. The van der Waals surface area contributed by atoms with Crippen molar-refractivity contribution in [3.05, 3.63) is 48.4 Å². The molecule has 3 rings (SSSR count). The average Bonchev–Trinajstić information content (AvgIpc) is 3.30. The normalized spacial score (nSPS) is 11.0. The number of thioether (sulfide) groups is 1. The van der Waals surface area contributed by atoms with Crippen LogP contribution in [0.2, 0.25) is 0 Å². The predicted molar refractivity (Wildman–Crippen MR) is 104 cm³/mol. The highest BCUT2D eigenvalue weighted by Gasteiger charge is 2.17. The molecule has 2 aromatic heterocycles. The monoisotopic (exact) mass is 386 g/mol. The molecule has 0 bridgehead atoms. The zero-order valence-electron chi connectivity index (χ0n) is 15.5. The highest BCUT2D eigenvalue weighted by molar-refractivity contribution is 7.99. The third-order valence-electron chi connectivity index (χ3n) is 3.72. The number of nitrogens with zero attached hydrogens (tertiary/aromatic N) is 3. The second-order valence-corrected chi connectivity index (χ2v) is 7.16. The molecule has 1 N–H and O–H groups in total. The zero-order valence-corrected chi connectivity index (χ0v) is 16.3. The molecule has 0 spiro atoms. The van der Waals surface area contributed by atoms with Crippen LogP contribution in [-0.2, 0) is 11.3 Å². The number of methoxy groups -OCH3 is 1. The molecular formula is C19H22N4O3S. The van der Waals surface area contributed by atoms with Crippen LogP contribution in [0.25, 0.3) is 11.4 Å². The molecule has 142 valence electrons. The molecule has 0 aliphatic heterocycles. The van der Waals surface area contributed by atoms with Gasteiger partial charge in [-0.05, 0) is 38.1 Å². The van der Waals surface area contributed by atoms with Crippen LogP contribution in [0, 0.1) is 0 Å². The average molecular weight is 386 g/mol. The number of carbonyl (C=O) groups excluding carboxylic acids is 1. The standard InChI is InChI=1S/C19H22N4O3S/c1-13(2)20-17(24)12-27-19-22-21-18(14-6-4-7-15(10-14)25-3)23(19)11-16-8-5-9-26-16/h4-10,13H,11-12H2,1-3H3,(H,20,24). The number of amides is 1. The van der Waals surface area contributed by atoms with E-state index >= 15 is 0 Å². The zero-order chi connectivity index (χ0) is 19.2. The van der Waals surface area contributed by atoms with Crippen molar-refractivity contribution in [1.29, 1.82) is 0 Å². The van der Waals surface area contributed by atoms with E-state index in [4.69, 9.17) is 9.15 Å². The molecule has 0 saturated heterocycles. The number of benzene rings is 1. The van der Waals surface area contributed by atoms with E-state index in [9.17, 15) is 4.79 Å². The van der Waals surface area contributed by atoms with Crippen molar-refractivity contribution in [2.75, 3.05) is 12.9 Å². The molecular weight excluding hydrogens is 364 g/mol. The van der Waals surface area contributed by atoms with Crippen LogP contribution in [0.15, 0.2) is 52.2 Å². The van der Waals surface area contributed by atoms with Crippen LogP contribution in [0.3, 0.4) is 0 Å².